The fourth-order valence-electron chi connectivity index (χ4n) is 4.84. The zero-order valence-electron chi connectivity index (χ0n) is 24.1. The maximum Gasteiger partial charge on any atom is 0.413 e. The average Bonchev–Trinajstić information content (AvgIpc) is 3.42. The third-order valence-electron chi connectivity index (χ3n) is 7.03. The monoisotopic (exact) mass is 550 g/mol. The minimum Gasteiger partial charge on any atom is -0.444 e. The van der Waals surface area contributed by atoms with Crippen molar-refractivity contribution in [2.75, 3.05) is 10.6 Å². The fraction of sp³-hybridized carbons (Fsp3) is 0.483. The first-order chi connectivity index (χ1) is 18.6. The van der Waals surface area contributed by atoms with Gasteiger partial charge in [0.05, 0.1) is 12.1 Å². The summed E-state index contributed by atoms with van der Waals surface area (Å²) in [6.07, 6.45) is 1.59. The minimum atomic E-state index is -0.742. The summed E-state index contributed by atoms with van der Waals surface area (Å²) in [5.74, 6) is -0.164. The van der Waals surface area contributed by atoms with Crippen molar-refractivity contribution in [3.63, 3.8) is 0 Å². The molecule has 3 aromatic rings. The third-order valence-corrected chi connectivity index (χ3v) is 7.03. The second-order valence-electron chi connectivity index (χ2n) is 12.2. The van der Waals surface area contributed by atoms with Gasteiger partial charge >= 0.3 is 6.09 Å². The Morgan fingerprint density at radius 3 is 2.38 bits per heavy atom. The molecule has 2 heterocycles. The molecule has 0 saturated heterocycles. The first-order valence-corrected chi connectivity index (χ1v) is 13.4. The molecule has 1 unspecified atom stereocenters. The van der Waals surface area contributed by atoms with Gasteiger partial charge in [0.15, 0.2) is 0 Å². The number of amides is 3. The van der Waals surface area contributed by atoms with Crippen LogP contribution in [0.5, 0.6) is 0 Å². The highest BCUT2D eigenvalue weighted by Crippen LogP contribution is 2.52. The van der Waals surface area contributed by atoms with Gasteiger partial charge < -0.3 is 15.0 Å². The van der Waals surface area contributed by atoms with Crippen molar-refractivity contribution in [1.82, 2.24) is 14.9 Å². The maximum absolute atomic E-state index is 12.7. The molecule has 214 valence electrons. The zero-order valence-corrected chi connectivity index (χ0v) is 24.1. The molecule has 11 nitrogen and oxygen atoms in total. The van der Waals surface area contributed by atoms with Crippen LogP contribution >= 0.6 is 0 Å². The first kappa shape index (κ1) is 28.8. The Bertz CT molecular complexity index is 1410. The number of benzene rings is 1. The van der Waals surface area contributed by atoms with Crippen molar-refractivity contribution < 1.29 is 23.6 Å². The van der Waals surface area contributed by atoms with Gasteiger partial charge in [0.25, 0.3) is 5.91 Å². The van der Waals surface area contributed by atoms with Crippen LogP contribution in [-0.2, 0) is 16.0 Å². The molecule has 0 spiro atoms. The summed E-state index contributed by atoms with van der Waals surface area (Å²) in [7, 11) is 0. The molecule has 40 heavy (non-hydrogen) atoms. The number of hydrogen-bond acceptors (Lipinski definition) is 7. The van der Waals surface area contributed by atoms with Crippen LogP contribution in [-0.4, -0.2) is 38.4 Å². The number of carbonyl (C=O) groups is 3. The molecule has 1 aliphatic carbocycles. The molecule has 2 aromatic heterocycles. The van der Waals surface area contributed by atoms with Crippen molar-refractivity contribution in [2.45, 2.75) is 85.3 Å². The van der Waals surface area contributed by atoms with E-state index in [4.69, 9.17) is 15.0 Å². The van der Waals surface area contributed by atoms with E-state index in [0.29, 0.717) is 23.1 Å². The Morgan fingerprint density at radius 2 is 1.85 bits per heavy atom. The lowest BCUT2D eigenvalue weighted by Crippen LogP contribution is -2.32. The maximum atomic E-state index is 12.7. The lowest BCUT2D eigenvalue weighted by molar-refractivity contribution is -0.115. The van der Waals surface area contributed by atoms with E-state index in [1.807, 2.05) is 13.8 Å². The molecule has 1 aromatic carbocycles. The number of nitrogens with one attached hydrogen (secondary N) is 2. The van der Waals surface area contributed by atoms with Crippen LogP contribution in [0, 0.1) is 5.41 Å². The Balaban J connectivity index is 1.50. The van der Waals surface area contributed by atoms with E-state index in [-0.39, 0.29) is 35.2 Å². The van der Waals surface area contributed by atoms with Crippen molar-refractivity contribution in [2.24, 2.45) is 11.1 Å². The van der Waals surface area contributed by atoms with Crippen LogP contribution in [0.2, 0.25) is 0 Å². The Hall–Kier alpha value is -4.15. The fourth-order valence-corrected chi connectivity index (χ4v) is 4.84. The van der Waals surface area contributed by atoms with Crippen LogP contribution in [0.15, 0.2) is 34.9 Å². The molecular weight excluding hydrogens is 512 g/mol. The lowest BCUT2D eigenvalue weighted by atomic mass is 9.61. The SMILES string of the molecule is CC(C)n1nc(-c2ccc(CC(=O)Nc3cc(C4CCC4(C)C)no3)cc2)c(C(N)=O)c1NC(=O)OC(C)(C)C. The second kappa shape index (κ2) is 10.8. The molecule has 1 atom stereocenters. The number of anilines is 2. The Kier molecular flexibility index (Phi) is 7.78. The van der Waals surface area contributed by atoms with E-state index in [0.717, 1.165) is 24.1 Å². The molecule has 4 rings (SSSR count). The highest BCUT2D eigenvalue weighted by atomic mass is 16.6. The van der Waals surface area contributed by atoms with E-state index in [9.17, 15) is 14.4 Å². The molecule has 0 bridgehead atoms. The molecule has 4 N–H and O–H groups in total. The predicted molar refractivity (Wildman–Crippen MR) is 151 cm³/mol. The average molecular weight is 551 g/mol. The Morgan fingerprint density at radius 1 is 1.18 bits per heavy atom. The van der Waals surface area contributed by atoms with E-state index in [2.05, 4.69) is 34.7 Å². The van der Waals surface area contributed by atoms with Gasteiger partial charge in [0.1, 0.15) is 22.7 Å². The number of nitrogens with zero attached hydrogens (tertiary/aromatic N) is 3. The first-order valence-electron chi connectivity index (χ1n) is 13.4. The molecule has 0 aliphatic heterocycles. The van der Waals surface area contributed by atoms with Crippen molar-refractivity contribution in [3.05, 3.63) is 47.2 Å². The number of carbonyl (C=O) groups excluding carboxylic acids is 3. The van der Waals surface area contributed by atoms with Gasteiger partial charge in [-0.1, -0.05) is 43.3 Å². The second-order valence-corrected chi connectivity index (χ2v) is 12.2. The van der Waals surface area contributed by atoms with E-state index in [1.54, 1.807) is 51.1 Å². The van der Waals surface area contributed by atoms with Crippen LogP contribution < -0.4 is 16.4 Å². The molecule has 3 amide bonds. The quantitative estimate of drug-likeness (QED) is 0.327. The summed E-state index contributed by atoms with van der Waals surface area (Å²) in [5, 5.41) is 14.1. The highest BCUT2D eigenvalue weighted by molar-refractivity contribution is 6.06. The summed E-state index contributed by atoms with van der Waals surface area (Å²) >= 11 is 0. The lowest BCUT2D eigenvalue weighted by Gasteiger charge is -2.43. The summed E-state index contributed by atoms with van der Waals surface area (Å²) in [5.41, 5.74) is 7.79. The van der Waals surface area contributed by atoms with Gasteiger partial charge in [-0.3, -0.25) is 20.2 Å². The topological polar surface area (TPSA) is 154 Å². The van der Waals surface area contributed by atoms with Crippen molar-refractivity contribution >= 4 is 29.6 Å². The number of rotatable bonds is 8. The molecule has 1 saturated carbocycles. The number of hydrogen-bond donors (Lipinski definition) is 3. The van der Waals surface area contributed by atoms with Gasteiger partial charge in [0, 0.05) is 23.6 Å². The number of primary amides is 1. The standard InChI is InChI=1S/C29H38N6O5/c1-16(2)35-26(32-27(38)39-28(3,4)5)23(25(30)37)24(33-35)18-10-8-17(9-11-18)14-21(36)31-22-15-20(34-40-22)19-12-13-29(19,6)7/h8-11,15-16,19H,12-14H2,1-7H3,(H2,30,37)(H,31,36)(H,32,38). The molecule has 11 heteroatoms. The highest BCUT2D eigenvalue weighted by Gasteiger charge is 2.41. The summed E-state index contributed by atoms with van der Waals surface area (Å²) < 4.78 is 12.2. The van der Waals surface area contributed by atoms with Gasteiger partial charge in [-0.2, -0.15) is 5.10 Å². The van der Waals surface area contributed by atoms with E-state index >= 15 is 0 Å². The molecule has 1 fully saturated rings. The number of nitrogens with two attached hydrogens (primary N) is 1. The minimum absolute atomic E-state index is 0.0702. The molecular formula is C29H38N6O5. The predicted octanol–water partition coefficient (Wildman–Crippen LogP) is 5.65. The smallest absolute Gasteiger partial charge is 0.413 e. The van der Waals surface area contributed by atoms with E-state index in [1.165, 1.54) is 4.68 Å². The van der Waals surface area contributed by atoms with E-state index < -0.39 is 17.6 Å². The third kappa shape index (κ3) is 6.35. The number of ether oxygens (including phenoxy) is 1. The van der Waals surface area contributed by atoms with Gasteiger partial charge in [-0.25, -0.2) is 9.48 Å². The summed E-state index contributed by atoms with van der Waals surface area (Å²) in [6, 6.07) is 8.67. The van der Waals surface area contributed by atoms with Gasteiger partial charge in [-0.15, -0.1) is 0 Å². The number of aromatic nitrogens is 3. The molecule has 1 aliphatic rings. The normalized spacial score (nSPS) is 16.4. The largest absolute Gasteiger partial charge is 0.444 e. The van der Waals surface area contributed by atoms with Gasteiger partial charge in [0.2, 0.25) is 11.8 Å². The van der Waals surface area contributed by atoms with Crippen LogP contribution in [0.1, 0.15) is 94.9 Å². The van der Waals surface area contributed by atoms with Crippen molar-refractivity contribution in [1.29, 1.82) is 0 Å². The van der Waals surface area contributed by atoms with Crippen LogP contribution in [0.25, 0.3) is 11.3 Å². The summed E-state index contributed by atoms with van der Waals surface area (Å²) in [4.78, 5) is 37.7. The van der Waals surface area contributed by atoms with Gasteiger partial charge in [-0.05, 0) is 58.4 Å². The van der Waals surface area contributed by atoms with Crippen molar-refractivity contribution in [3.8, 4) is 11.3 Å². The zero-order chi connectivity index (χ0) is 29.4. The van der Waals surface area contributed by atoms with Crippen LogP contribution in [0.4, 0.5) is 16.5 Å². The summed E-state index contributed by atoms with van der Waals surface area (Å²) in [6.45, 7) is 13.4. The van der Waals surface area contributed by atoms with Crippen LogP contribution in [0.3, 0.4) is 0 Å². The Labute approximate surface area is 233 Å². The molecule has 0 radical (unpaired) electrons.